The van der Waals surface area contributed by atoms with Gasteiger partial charge in [-0.1, -0.05) is 177 Å². The normalized spacial score (nSPS) is 17.5. The number of hydrogen-bond acceptors (Lipinski definition) is 3. The van der Waals surface area contributed by atoms with Gasteiger partial charge in [0, 0.05) is 53.1 Å². The maximum atomic E-state index is 13.1. The summed E-state index contributed by atoms with van der Waals surface area (Å²) in [5, 5.41) is 13.1. The van der Waals surface area contributed by atoms with E-state index >= 15 is 0 Å². The van der Waals surface area contributed by atoms with E-state index in [1.807, 2.05) is 155 Å². The molecule has 0 aliphatic carbocycles. The minimum absolute atomic E-state index is 0.174. The van der Waals surface area contributed by atoms with E-state index in [0.29, 0.717) is 45.3 Å². The van der Waals surface area contributed by atoms with Gasteiger partial charge in [-0.05, 0) is 122 Å². The number of imidazole rings is 1. The summed E-state index contributed by atoms with van der Waals surface area (Å²) in [4.78, 5) is 10.1. The Morgan fingerprint density at radius 2 is 1.14 bits per heavy atom. The first-order valence-electron chi connectivity index (χ1n) is 30.3. The van der Waals surface area contributed by atoms with Crippen molar-refractivity contribution in [1.29, 1.82) is 0 Å². The van der Waals surface area contributed by atoms with Crippen LogP contribution in [0.2, 0.25) is 0 Å². The lowest BCUT2D eigenvalue weighted by Gasteiger charge is -2.28. The first-order valence-corrected chi connectivity index (χ1v) is 21.3. The van der Waals surface area contributed by atoms with Gasteiger partial charge >= 0.3 is 0 Å². The molecule has 0 saturated carbocycles. The van der Waals surface area contributed by atoms with E-state index in [4.69, 9.17) is 34.6 Å². The Labute approximate surface area is 410 Å². The van der Waals surface area contributed by atoms with Crippen molar-refractivity contribution in [3.05, 3.63) is 192 Å². The SMILES string of the molecule is [2H]C([2H])([2H])C(c1cc(-c2nc3c(-c4cc(-c5ccccc5)cc(-c5cc(-c6ccc(C)cc6)ccn5)c4)cccc3n2-c2ccc(C(C)(C)C)cc2-c2ccccc2)c(O)c(C(C([2H])([2H])[2H])(C([2H])([2H])[2H])C([2H])([2H])[2H])c1)(C([2H])([2H])[2H])C([2H])([2H])[2H]. The number of phenols is 1. The predicted octanol–water partition coefficient (Wildman–Crippen LogP) is 16.3. The lowest BCUT2D eigenvalue weighted by Crippen LogP contribution is -2.17. The van der Waals surface area contributed by atoms with Crippen LogP contribution in [0.4, 0.5) is 0 Å². The van der Waals surface area contributed by atoms with Crippen LogP contribution in [0.15, 0.2) is 170 Å². The summed E-state index contributed by atoms with van der Waals surface area (Å²) in [7, 11) is 0. The monoisotopic (exact) mass is 868 g/mol. The number of pyridine rings is 1. The van der Waals surface area contributed by atoms with Crippen molar-refractivity contribution in [3.8, 4) is 78.6 Å². The summed E-state index contributed by atoms with van der Waals surface area (Å²) in [5.74, 6) is -1.77. The fraction of sp³-hybridized carbons (Fsp3) is 0.213. The number of benzene rings is 7. The van der Waals surface area contributed by atoms with E-state index in [1.54, 1.807) is 30.5 Å². The Hall–Kier alpha value is -7.04. The Bertz CT molecular complexity index is 3810. The molecule has 1 N–H and O–H groups in total. The van der Waals surface area contributed by atoms with Crippen LogP contribution in [0.1, 0.15) is 109 Å². The van der Waals surface area contributed by atoms with Crippen molar-refractivity contribution in [3.63, 3.8) is 0 Å². The minimum Gasteiger partial charge on any atom is -0.507 e. The van der Waals surface area contributed by atoms with Gasteiger partial charge in [-0.3, -0.25) is 9.55 Å². The second kappa shape index (κ2) is 16.5. The Balaban J connectivity index is 1.50. The van der Waals surface area contributed by atoms with Crippen LogP contribution in [-0.2, 0) is 16.2 Å². The zero-order valence-electron chi connectivity index (χ0n) is 54.5. The minimum atomic E-state index is -4.14. The Kier molecular flexibility index (Phi) is 6.77. The van der Waals surface area contributed by atoms with Crippen molar-refractivity contribution < 1.29 is 29.8 Å². The molecule has 0 atom stereocenters. The van der Waals surface area contributed by atoms with E-state index in [2.05, 4.69) is 0 Å². The average Bonchev–Trinajstić information content (AvgIpc) is 1.13. The van der Waals surface area contributed by atoms with Crippen molar-refractivity contribution in [1.82, 2.24) is 14.5 Å². The summed E-state index contributed by atoms with van der Waals surface area (Å²) < 4.78 is 160. The second-order valence-corrected chi connectivity index (χ2v) is 17.7. The maximum absolute atomic E-state index is 13.1. The molecule has 0 amide bonds. The molecule has 0 fully saturated rings. The molecule has 0 radical (unpaired) electrons. The second-order valence-electron chi connectivity index (χ2n) is 17.7. The molecule has 0 spiro atoms. The number of fused-ring (bicyclic) bond motifs is 1. The fourth-order valence-corrected chi connectivity index (χ4v) is 8.35. The van der Waals surface area contributed by atoms with Gasteiger partial charge in [0.15, 0.2) is 0 Å². The molecule has 0 aliphatic rings. The molecule has 0 bridgehead atoms. The van der Waals surface area contributed by atoms with Gasteiger partial charge in [0.2, 0.25) is 0 Å². The summed E-state index contributed by atoms with van der Waals surface area (Å²) in [5.41, 5.74) is -2.33. The number of rotatable bonds is 7. The molecule has 65 heavy (non-hydrogen) atoms. The molecule has 0 saturated heterocycles. The lowest BCUT2D eigenvalue weighted by atomic mass is 9.79. The fourth-order valence-electron chi connectivity index (χ4n) is 8.35. The topological polar surface area (TPSA) is 50.9 Å². The lowest BCUT2D eigenvalue weighted by molar-refractivity contribution is 0.446. The molecule has 0 unspecified atom stereocenters. The largest absolute Gasteiger partial charge is 0.507 e. The van der Waals surface area contributed by atoms with Gasteiger partial charge in [0.25, 0.3) is 0 Å². The van der Waals surface area contributed by atoms with Crippen molar-refractivity contribution in [2.45, 2.75) is 85.1 Å². The van der Waals surface area contributed by atoms with E-state index < -0.39 is 85.6 Å². The molecular weight excluding hydrogens is 791 g/mol. The van der Waals surface area contributed by atoms with Crippen LogP contribution in [0.25, 0.3) is 83.9 Å². The molecule has 4 heteroatoms. The van der Waals surface area contributed by atoms with Crippen molar-refractivity contribution in [2.75, 3.05) is 0 Å². The smallest absolute Gasteiger partial charge is 0.149 e. The highest BCUT2D eigenvalue weighted by molar-refractivity contribution is 5.98. The average molecular weight is 868 g/mol. The summed E-state index contributed by atoms with van der Waals surface area (Å²) >= 11 is 0. The molecule has 324 valence electrons. The number of aromatic hydroxyl groups is 1. The van der Waals surface area contributed by atoms with Crippen molar-refractivity contribution >= 4 is 11.0 Å². The van der Waals surface area contributed by atoms with Crippen LogP contribution in [0, 0.1) is 6.92 Å². The van der Waals surface area contributed by atoms with Crippen molar-refractivity contribution in [2.24, 2.45) is 0 Å². The van der Waals surface area contributed by atoms with E-state index in [0.717, 1.165) is 39.4 Å². The number of aryl methyl sites for hydroxylation is 1. The zero-order chi connectivity index (χ0) is 60.8. The van der Waals surface area contributed by atoms with Gasteiger partial charge in [0.1, 0.15) is 11.6 Å². The summed E-state index contributed by atoms with van der Waals surface area (Å²) in [6.07, 6.45) is 1.72. The first kappa shape index (κ1) is 26.7. The number of nitrogens with zero attached hydrogens (tertiary/aromatic N) is 3. The van der Waals surface area contributed by atoms with E-state index in [1.165, 1.54) is 4.57 Å². The summed E-state index contributed by atoms with van der Waals surface area (Å²) in [6.45, 7) is -16.5. The van der Waals surface area contributed by atoms with Crippen LogP contribution < -0.4 is 0 Å². The van der Waals surface area contributed by atoms with Crippen LogP contribution in [0.3, 0.4) is 0 Å². The number of aromatic nitrogens is 3. The van der Waals surface area contributed by atoms with Gasteiger partial charge in [-0.15, -0.1) is 0 Å². The van der Waals surface area contributed by atoms with Crippen LogP contribution >= 0.6 is 0 Å². The predicted molar refractivity (Wildman–Crippen MR) is 274 cm³/mol. The van der Waals surface area contributed by atoms with E-state index in [-0.39, 0.29) is 11.0 Å². The molecular formula is C61H59N3O. The van der Waals surface area contributed by atoms with E-state index in [9.17, 15) is 5.11 Å². The highest BCUT2D eigenvalue weighted by Gasteiger charge is 2.30. The molecule has 9 aromatic rings. The maximum Gasteiger partial charge on any atom is 0.149 e. The number of hydrogen-bond donors (Lipinski definition) is 1. The molecule has 2 aromatic heterocycles. The summed E-state index contributed by atoms with van der Waals surface area (Å²) in [6, 6.07) is 48.3. The highest BCUT2D eigenvalue weighted by atomic mass is 16.3. The molecule has 7 aromatic carbocycles. The van der Waals surface area contributed by atoms with Gasteiger partial charge in [-0.2, -0.15) is 0 Å². The highest BCUT2D eigenvalue weighted by Crippen LogP contribution is 2.46. The van der Waals surface area contributed by atoms with Gasteiger partial charge in [0.05, 0.1) is 28.0 Å². The van der Waals surface area contributed by atoms with Crippen LogP contribution in [0.5, 0.6) is 5.75 Å². The number of phenolic OH excluding ortho intramolecular Hbond substituents is 1. The molecule has 4 nitrogen and oxygen atoms in total. The quantitative estimate of drug-likeness (QED) is 0.174. The standard InChI is InChI=1S/C61H59N3O/c1-39-24-26-41(27-25-39)43-30-31-62-53(35-43)46-33-44(40-18-13-11-14-19-40)32-45(34-46)49-22-17-23-55-56(49)63-58(51-37-48(60(5,6)7)38-52(57(51)65)61(8,9)10)64(55)54-29-28-47(59(2,3)4)36-50(54)42-20-15-12-16-21-42/h11-38,65H,1-10H3/i5D3,6D3,7D3,8D3,9D3,10D3. The third-order valence-corrected chi connectivity index (χ3v) is 11.9. The van der Waals surface area contributed by atoms with Gasteiger partial charge in [-0.25, -0.2) is 4.98 Å². The van der Waals surface area contributed by atoms with Crippen LogP contribution in [-0.4, -0.2) is 19.6 Å². The molecule has 2 heterocycles. The Morgan fingerprint density at radius 3 is 1.83 bits per heavy atom. The first-order chi connectivity index (χ1) is 38.4. The Morgan fingerprint density at radius 1 is 0.492 bits per heavy atom. The zero-order valence-corrected chi connectivity index (χ0v) is 36.5. The van der Waals surface area contributed by atoms with Gasteiger partial charge < -0.3 is 5.11 Å². The third kappa shape index (κ3) is 8.54. The molecule has 9 rings (SSSR count). The molecule has 0 aliphatic heterocycles. The number of para-hydroxylation sites is 1. The third-order valence-electron chi connectivity index (χ3n) is 11.9.